The molecule has 0 saturated heterocycles. The molecule has 2 aromatic carbocycles. The Kier molecular flexibility index (Phi) is 8.07. The lowest BCUT2D eigenvalue weighted by Crippen LogP contribution is -2.50. The number of hydrogen-bond donors (Lipinski definition) is 1. The van der Waals surface area contributed by atoms with Gasteiger partial charge in [-0.2, -0.15) is 0 Å². The van der Waals surface area contributed by atoms with Crippen LogP contribution in [0.5, 0.6) is 11.5 Å². The second-order valence-electron chi connectivity index (χ2n) is 7.31. The van der Waals surface area contributed by atoms with Crippen molar-refractivity contribution < 1.29 is 19.1 Å². The van der Waals surface area contributed by atoms with Crippen LogP contribution in [-0.2, 0) is 16.1 Å². The summed E-state index contributed by atoms with van der Waals surface area (Å²) in [5, 5.41) is 2.87. The number of ether oxygens (including phenoxy) is 2. The summed E-state index contributed by atoms with van der Waals surface area (Å²) >= 11 is 0. The van der Waals surface area contributed by atoms with Gasteiger partial charge in [-0.05, 0) is 57.5 Å². The molecule has 2 aromatic rings. The molecule has 2 amide bonds. The fraction of sp³-hybridized carbons (Fsp3) is 0.391. The summed E-state index contributed by atoms with van der Waals surface area (Å²) in [6.45, 7) is 7.70. The summed E-state index contributed by atoms with van der Waals surface area (Å²) in [6, 6.07) is 14.3. The number of carbonyl (C=O) groups is 2. The van der Waals surface area contributed by atoms with Crippen molar-refractivity contribution in [2.75, 3.05) is 13.7 Å². The van der Waals surface area contributed by atoms with Crippen LogP contribution in [0.25, 0.3) is 0 Å². The molecule has 0 aliphatic heterocycles. The van der Waals surface area contributed by atoms with Crippen molar-refractivity contribution in [2.24, 2.45) is 0 Å². The summed E-state index contributed by atoms with van der Waals surface area (Å²) in [4.78, 5) is 27.0. The summed E-state index contributed by atoms with van der Waals surface area (Å²) < 4.78 is 10.8. The second-order valence-corrected chi connectivity index (χ2v) is 7.31. The van der Waals surface area contributed by atoms with Gasteiger partial charge in [0.05, 0.1) is 7.11 Å². The minimum absolute atomic E-state index is 0.00294. The quantitative estimate of drug-likeness (QED) is 0.704. The molecule has 6 nitrogen and oxygen atoms in total. The van der Waals surface area contributed by atoms with Crippen molar-refractivity contribution in [3.05, 3.63) is 59.7 Å². The largest absolute Gasteiger partial charge is 0.497 e. The molecule has 6 heteroatoms. The van der Waals surface area contributed by atoms with Gasteiger partial charge < -0.3 is 19.7 Å². The van der Waals surface area contributed by atoms with Crippen molar-refractivity contribution in [1.82, 2.24) is 10.2 Å². The monoisotopic (exact) mass is 398 g/mol. The maximum absolute atomic E-state index is 12.9. The van der Waals surface area contributed by atoms with Gasteiger partial charge in [-0.25, -0.2) is 0 Å². The van der Waals surface area contributed by atoms with E-state index >= 15 is 0 Å². The molecular weight excluding hydrogens is 368 g/mol. The van der Waals surface area contributed by atoms with Crippen LogP contribution in [-0.4, -0.2) is 42.5 Å². The van der Waals surface area contributed by atoms with Crippen molar-refractivity contribution >= 4 is 11.8 Å². The highest BCUT2D eigenvalue weighted by atomic mass is 16.5. The number of aryl methyl sites for hydroxylation is 1. The van der Waals surface area contributed by atoms with E-state index in [2.05, 4.69) is 5.32 Å². The molecule has 0 aromatic heterocycles. The predicted octanol–water partition coefficient (Wildman–Crippen LogP) is 3.32. The SMILES string of the molecule is COc1ccc(OCC(=O)N(Cc2ccc(C)cc2)[C@@H](C)C(=O)NC(C)C)cc1. The smallest absolute Gasteiger partial charge is 0.261 e. The van der Waals surface area contributed by atoms with Crippen molar-refractivity contribution in [3.8, 4) is 11.5 Å². The Hall–Kier alpha value is -3.02. The highest BCUT2D eigenvalue weighted by molar-refractivity contribution is 5.88. The molecule has 0 fully saturated rings. The van der Waals surface area contributed by atoms with Crippen LogP contribution in [0.3, 0.4) is 0 Å². The van der Waals surface area contributed by atoms with E-state index in [-0.39, 0.29) is 24.5 Å². The Morgan fingerprint density at radius 3 is 2.10 bits per heavy atom. The average Bonchev–Trinajstić information content (AvgIpc) is 2.71. The standard InChI is InChI=1S/C23H30N2O4/c1-16(2)24-23(27)18(4)25(14-19-8-6-17(3)7-9-19)22(26)15-29-21-12-10-20(28-5)11-13-21/h6-13,16,18H,14-15H2,1-5H3,(H,24,27)/t18-/m0/s1. The van der Waals surface area contributed by atoms with Gasteiger partial charge in [0.15, 0.2) is 6.61 Å². The molecule has 0 heterocycles. The number of carbonyl (C=O) groups excluding carboxylic acids is 2. The van der Waals surface area contributed by atoms with Gasteiger partial charge in [-0.3, -0.25) is 9.59 Å². The molecule has 0 radical (unpaired) electrons. The molecule has 0 saturated carbocycles. The van der Waals surface area contributed by atoms with Gasteiger partial charge in [0, 0.05) is 12.6 Å². The lowest BCUT2D eigenvalue weighted by Gasteiger charge is -2.29. The zero-order valence-electron chi connectivity index (χ0n) is 17.8. The summed E-state index contributed by atoms with van der Waals surface area (Å²) in [5.41, 5.74) is 2.10. The first-order valence-electron chi connectivity index (χ1n) is 9.72. The van der Waals surface area contributed by atoms with Gasteiger partial charge in [-0.15, -0.1) is 0 Å². The molecule has 156 valence electrons. The third-order valence-electron chi connectivity index (χ3n) is 4.49. The first kappa shape index (κ1) is 22.3. The van der Waals surface area contributed by atoms with E-state index < -0.39 is 6.04 Å². The van der Waals surface area contributed by atoms with Gasteiger partial charge in [0.25, 0.3) is 5.91 Å². The fourth-order valence-corrected chi connectivity index (χ4v) is 2.78. The molecule has 0 unspecified atom stereocenters. The number of methoxy groups -OCH3 is 1. The summed E-state index contributed by atoms with van der Waals surface area (Å²) in [6.07, 6.45) is 0. The number of amides is 2. The molecule has 0 bridgehead atoms. The molecule has 1 atom stereocenters. The van der Waals surface area contributed by atoms with Crippen LogP contribution >= 0.6 is 0 Å². The van der Waals surface area contributed by atoms with E-state index in [0.29, 0.717) is 18.0 Å². The van der Waals surface area contributed by atoms with Crippen LogP contribution < -0.4 is 14.8 Å². The third kappa shape index (κ3) is 6.82. The first-order chi connectivity index (χ1) is 13.8. The van der Waals surface area contributed by atoms with Crippen LogP contribution in [0.4, 0.5) is 0 Å². The van der Waals surface area contributed by atoms with E-state index in [1.807, 2.05) is 45.0 Å². The summed E-state index contributed by atoms with van der Waals surface area (Å²) in [7, 11) is 1.59. The molecule has 0 aliphatic carbocycles. The molecular formula is C23H30N2O4. The van der Waals surface area contributed by atoms with Gasteiger partial charge in [0.1, 0.15) is 17.5 Å². The minimum atomic E-state index is -0.620. The zero-order valence-corrected chi connectivity index (χ0v) is 17.8. The molecule has 1 N–H and O–H groups in total. The van der Waals surface area contributed by atoms with Crippen molar-refractivity contribution in [2.45, 2.75) is 46.3 Å². The normalized spacial score (nSPS) is 11.7. The maximum Gasteiger partial charge on any atom is 0.261 e. The lowest BCUT2D eigenvalue weighted by atomic mass is 10.1. The number of rotatable bonds is 9. The molecule has 0 aliphatic rings. The second kappa shape index (κ2) is 10.5. The number of nitrogens with one attached hydrogen (secondary N) is 1. The van der Waals surface area contributed by atoms with Crippen LogP contribution in [0.1, 0.15) is 31.9 Å². The number of nitrogens with zero attached hydrogens (tertiary/aromatic N) is 1. The van der Waals surface area contributed by atoms with Gasteiger partial charge >= 0.3 is 0 Å². The topological polar surface area (TPSA) is 67.9 Å². The minimum Gasteiger partial charge on any atom is -0.497 e. The molecule has 0 spiro atoms. The van der Waals surface area contributed by atoms with Crippen LogP contribution in [0.2, 0.25) is 0 Å². The highest BCUT2D eigenvalue weighted by Gasteiger charge is 2.26. The van der Waals surface area contributed by atoms with Gasteiger partial charge in [0.2, 0.25) is 5.91 Å². The van der Waals surface area contributed by atoms with E-state index in [1.165, 1.54) is 0 Å². The first-order valence-corrected chi connectivity index (χ1v) is 9.72. The Morgan fingerprint density at radius 1 is 0.966 bits per heavy atom. The van der Waals surface area contributed by atoms with E-state index in [1.54, 1.807) is 43.2 Å². The molecule has 2 rings (SSSR count). The number of benzene rings is 2. The van der Waals surface area contributed by atoms with E-state index in [0.717, 1.165) is 11.1 Å². The maximum atomic E-state index is 12.9. The third-order valence-corrected chi connectivity index (χ3v) is 4.49. The number of hydrogen-bond acceptors (Lipinski definition) is 4. The molecule has 29 heavy (non-hydrogen) atoms. The predicted molar refractivity (Wildman–Crippen MR) is 113 cm³/mol. The Labute approximate surface area is 172 Å². The summed E-state index contributed by atoms with van der Waals surface area (Å²) in [5.74, 6) is 0.829. The zero-order chi connectivity index (χ0) is 21.4. The highest BCUT2D eigenvalue weighted by Crippen LogP contribution is 2.18. The lowest BCUT2D eigenvalue weighted by molar-refractivity contribution is -0.142. The van der Waals surface area contributed by atoms with Crippen LogP contribution in [0.15, 0.2) is 48.5 Å². The van der Waals surface area contributed by atoms with E-state index in [4.69, 9.17) is 9.47 Å². The average molecular weight is 399 g/mol. The van der Waals surface area contributed by atoms with Gasteiger partial charge in [-0.1, -0.05) is 29.8 Å². The Morgan fingerprint density at radius 2 is 1.55 bits per heavy atom. The van der Waals surface area contributed by atoms with Crippen LogP contribution in [0, 0.1) is 6.92 Å². The Balaban J connectivity index is 2.11. The van der Waals surface area contributed by atoms with Crippen molar-refractivity contribution in [3.63, 3.8) is 0 Å². The van der Waals surface area contributed by atoms with E-state index in [9.17, 15) is 9.59 Å². The van der Waals surface area contributed by atoms with Crippen molar-refractivity contribution in [1.29, 1.82) is 0 Å². The fourth-order valence-electron chi connectivity index (χ4n) is 2.78. The Bertz CT molecular complexity index is 801.